The normalized spacial score (nSPS) is 11.7. The summed E-state index contributed by atoms with van der Waals surface area (Å²) in [5.41, 5.74) is 0.689. The third-order valence-electron chi connectivity index (χ3n) is 3.10. The molecule has 3 aromatic rings. The van der Waals surface area contributed by atoms with E-state index < -0.39 is 10.8 Å². The Labute approximate surface area is 239 Å². The molecule has 1 atom stereocenters. The van der Waals surface area contributed by atoms with E-state index in [1.54, 1.807) is 18.4 Å². The molecule has 0 N–H and O–H groups in total. The van der Waals surface area contributed by atoms with Crippen LogP contribution in [0.25, 0.3) is 10.2 Å². The van der Waals surface area contributed by atoms with Gasteiger partial charge in [0.25, 0.3) is 0 Å². The fourth-order valence-electron chi connectivity index (χ4n) is 1.95. The van der Waals surface area contributed by atoms with Crippen molar-refractivity contribution in [3.8, 4) is 0 Å². The molecule has 2 aromatic carbocycles. The summed E-state index contributed by atoms with van der Waals surface area (Å²) in [5.74, 6) is 0. The van der Waals surface area contributed by atoms with Gasteiger partial charge in [-0.05, 0) is 47.2 Å². The number of rotatable bonds is 10. The van der Waals surface area contributed by atoms with Crippen LogP contribution in [-0.4, -0.2) is 15.4 Å². The van der Waals surface area contributed by atoms with Crippen LogP contribution in [0.3, 0.4) is 0 Å². The van der Waals surface area contributed by atoms with Gasteiger partial charge in [0.2, 0.25) is 0 Å². The minimum atomic E-state index is -1.01. The smallest absolute Gasteiger partial charge is 0.691 e. The van der Waals surface area contributed by atoms with Crippen LogP contribution in [-0.2, 0) is 29.5 Å². The van der Waals surface area contributed by atoms with Crippen molar-refractivity contribution < 1.29 is 92.6 Å². The summed E-state index contributed by atoms with van der Waals surface area (Å²) in [4.78, 5) is 7.30. The molecular weight excluding hydrogens is 533 g/mol. The van der Waals surface area contributed by atoms with Gasteiger partial charge < -0.3 is 10.5 Å². The maximum absolute atomic E-state index is 11.4. The molecule has 0 amide bonds. The van der Waals surface area contributed by atoms with Crippen LogP contribution in [0.15, 0.2) is 60.3 Å². The molecule has 0 fully saturated rings. The number of hydrogen-bond donors (Lipinski definition) is 0. The van der Waals surface area contributed by atoms with Gasteiger partial charge in [0.05, 0.1) is 44.1 Å². The first-order chi connectivity index (χ1) is 13.6. The second kappa shape index (κ2) is 15.5. The second-order valence-electron chi connectivity index (χ2n) is 4.78. The number of thiazole rings is 1. The van der Waals surface area contributed by atoms with Crippen LogP contribution >= 0.6 is 57.0 Å². The minimum Gasteiger partial charge on any atom is -0.691 e. The molecule has 1 heterocycles. The van der Waals surface area contributed by atoms with E-state index in [4.69, 9.17) is 0 Å². The summed E-state index contributed by atoms with van der Waals surface area (Å²) < 4.78 is 21.8. The second-order valence-corrected chi connectivity index (χ2v) is 11.1. The van der Waals surface area contributed by atoms with E-state index in [1.807, 2.05) is 24.3 Å². The van der Waals surface area contributed by atoms with Crippen molar-refractivity contribution in [3.63, 3.8) is 0 Å². The van der Waals surface area contributed by atoms with Crippen molar-refractivity contribution in [2.75, 3.05) is 6.26 Å². The third kappa shape index (κ3) is 8.77. The zero-order valence-electron chi connectivity index (χ0n) is 15.7. The van der Waals surface area contributed by atoms with E-state index in [9.17, 15) is 14.7 Å². The zero-order chi connectivity index (χ0) is 19.9. The Bertz CT molecular complexity index is 917. The van der Waals surface area contributed by atoms with Crippen LogP contribution in [0, 0.1) is 0 Å². The average Bonchev–Trinajstić information content (AvgIpc) is 3.10. The van der Waals surface area contributed by atoms with Gasteiger partial charge in [0.15, 0.2) is 4.34 Å². The van der Waals surface area contributed by atoms with E-state index in [-0.39, 0.29) is 59.1 Å². The number of nitrogens with zero attached hydrogens (tertiary/aromatic N) is 1. The Morgan fingerprint density at radius 3 is 2.13 bits per heavy atom. The van der Waals surface area contributed by atoms with E-state index in [1.165, 1.54) is 32.9 Å². The first-order valence-corrected chi connectivity index (χ1v) is 13.1. The van der Waals surface area contributed by atoms with Crippen molar-refractivity contribution in [1.29, 1.82) is 0 Å². The quantitative estimate of drug-likeness (QED) is 0.0875. The molecule has 0 spiro atoms. The predicted molar refractivity (Wildman–Crippen MR) is 106 cm³/mol. The molecule has 8 nitrogen and oxygen atoms in total. The molecule has 3 rings (SSSR count). The molecule has 0 aliphatic heterocycles. The van der Waals surface area contributed by atoms with Gasteiger partial charge in [0, 0.05) is 26.8 Å². The van der Waals surface area contributed by atoms with Gasteiger partial charge in [-0.2, -0.15) is 8.67 Å². The number of benzene rings is 2. The average molecular weight is 542 g/mol. The largest absolute Gasteiger partial charge is 1.00 e. The van der Waals surface area contributed by atoms with Gasteiger partial charge in [-0.15, -0.1) is 11.3 Å². The fraction of sp³-hybridized carbons (Fsp3) is 0.0714. The minimum absolute atomic E-state index is 0. The maximum atomic E-state index is 11.4. The summed E-state index contributed by atoms with van der Waals surface area (Å²) in [6.07, 6.45) is 1.64. The van der Waals surface area contributed by atoms with Crippen molar-refractivity contribution in [1.82, 2.24) is 4.98 Å². The van der Waals surface area contributed by atoms with Gasteiger partial charge in [-0.1, -0.05) is 10.8 Å². The first kappa shape index (κ1) is 29.7. The standard InChI is InChI=1S/C14H11NO7S6.2Na/c1-28(18)9-4-2-8(3-5-9)26-27-14-15-10-6-12(24-21-19-16)13(25-22-20-17)7-11(10)23-14;;/h2-7,16-17H,1H3;;/q;2*+1/p-2. The predicted octanol–water partition coefficient (Wildman–Crippen LogP) is -2.70. The Morgan fingerprint density at radius 1 is 0.967 bits per heavy atom. The van der Waals surface area contributed by atoms with Crippen molar-refractivity contribution in [2.45, 2.75) is 23.9 Å². The van der Waals surface area contributed by atoms with Crippen LogP contribution in [0.4, 0.5) is 0 Å². The molecule has 150 valence electrons. The molecular formula is C14H9NNa2O7S6. The van der Waals surface area contributed by atoms with Crippen LogP contribution < -0.4 is 69.6 Å². The molecule has 0 radical (unpaired) electrons. The van der Waals surface area contributed by atoms with Gasteiger partial charge >= 0.3 is 59.1 Å². The monoisotopic (exact) mass is 541 g/mol. The molecule has 1 unspecified atom stereocenters. The van der Waals surface area contributed by atoms with E-state index in [0.29, 0.717) is 39.4 Å². The summed E-state index contributed by atoms with van der Waals surface area (Å²) >= 11 is 2.81. The molecule has 0 bridgehead atoms. The van der Waals surface area contributed by atoms with E-state index in [2.05, 4.69) is 23.7 Å². The maximum Gasteiger partial charge on any atom is 1.00 e. The molecule has 30 heavy (non-hydrogen) atoms. The third-order valence-corrected chi connectivity index (χ3v) is 9.16. The Balaban J connectivity index is 0.00000225. The first-order valence-electron chi connectivity index (χ1n) is 7.09. The van der Waals surface area contributed by atoms with Gasteiger partial charge in [0.1, 0.15) is 0 Å². The van der Waals surface area contributed by atoms with Gasteiger partial charge in [-0.25, -0.2) is 4.98 Å². The van der Waals surface area contributed by atoms with E-state index in [0.717, 1.165) is 18.8 Å². The molecule has 0 aliphatic rings. The molecule has 16 heteroatoms. The summed E-state index contributed by atoms with van der Waals surface area (Å²) in [5, 5.41) is 26.9. The number of aromatic nitrogens is 1. The summed E-state index contributed by atoms with van der Waals surface area (Å²) in [7, 11) is 2.01. The van der Waals surface area contributed by atoms with Crippen LogP contribution in [0.1, 0.15) is 0 Å². The Hall–Kier alpha value is 1.64. The SMILES string of the molecule is CS(=O)c1ccc(SSc2nc3cc(SOO[O-])c(SOO[O-])cc3s2)cc1.[Na+].[Na+]. The number of hydrogen-bond acceptors (Lipinski definition) is 13. The molecule has 0 saturated carbocycles. The Morgan fingerprint density at radius 2 is 1.57 bits per heavy atom. The molecule has 1 aromatic heterocycles. The van der Waals surface area contributed by atoms with Crippen LogP contribution in [0.2, 0.25) is 0 Å². The van der Waals surface area contributed by atoms with E-state index >= 15 is 0 Å². The summed E-state index contributed by atoms with van der Waals surface area (Å²) in [6.45, 7) is 0. The van der Waals surface area contributed by atoms with Crippen molar-refractivity contribution in [3.05, 3.63) is 36.4 Å². The van der Waals surface area contributed by atoms with Crippen LogP contribution in [0.5, 0.6) is 0 Å². The van der Waals surface area contributed by atoms with Gasteiger partial charge in [-0.3, -0.25) is 14.3 Å². The zero-order valence-corrected chi connectivity index (χ0v) is 24.6. The number of fused-ring (bicyclic) bond motifs is 1. The Kier molecular flexibility index (Phi) is 15.4. The molecule has 0 aliphatic carbocycles. The fourth-order valence-corrected chi connectivity index (χ4v) is 6.79. The topological polar surface area (TPSA) is 113 Å². The molecule has 0 saturated heterocycles. The summed E-state index contributed by atoms with van der Waals surface area (Å²) in [6, 6.07) is 10.9. The van der Waals surface area contributed by atoms with Crippen molar-refractivity contribution in [2.24, 2.45) is 0 Å². The van der Waals surface area contributed by atoms with Crippen molar-refractivity contribution >= 4 is 78.0 Å².